The van der Waals surface area contributed by atoms with E-state index in [9.17, 15) is 19.1 Å². The first-order valence-corrected chi connectivity index (χ1v) is 13.8. The fraction of sp³-hybridized carbons (Fsp3) is 0.212. The van der Waals surface area contributed by atoms with Gasteiger partial charge in [0.25, 0.3) is 5.88 Å². The number of aromatic nitrogens is 3. The Morgan fingerprint density at radius 3 is 2.44 bits per heavy atom. The van der Waals surface area contributed by atoms with Crippen molar-refractivity contribution in [2.24, 2.45) is 7.05 Å². The fourth-order valence-corrected chi connectivity index (χ4v) is 4.78. The van der Waals surface area contributed by atoms with Crippen LogP contribution in [0.2, 0.25) is 0 Å². The molecule has 0 spiro atoms. The average molecular weight is 618 g/mol. The highest BCUT2D eigenvalue weighted by molar-refractivity contribution is 5.98. The molecule has 0 radical (unpaired) electrons. The maximum Gasteiger partial charge on any atom is 0.257 e. The van der Waals surface area contributed by atoms with E-state index in [0.29, 0.717) is 34.5 Å². The highest BCUT2D eigenvalue weighted by Crippen LogP contribution is 2.35. The van der Waals surface area contributed by atoms with E-state index in [1.165, 1.54) is 66.5 Å². The lowest BCUT2D eigenvalue weighted by Gasteiger charge is -2.15. The minimum atomic E-state index is -0.745. The molecule has 0 aliphatic heterocycles. The van der Waals surface area contributed by atoms with E-state index in [1.54, 1.807) is 20.2 Å². The van der Waals surface area contributed by atoms with Crippen LogP contribution in [0.3, 0.4) is 0 Å². The summed E-state index contributed by atoms with van der Waals surface area (Å²) in [7, 11) is 4.60. The number of halogens is 2. The largest absolute Gasteiger partial charge is 0.491 e. The van der Waals surface area contributed by atoms with Gasteiger partial charge in [-0.1, -0.05) is 18.2 Å². The number of aliphatic hydroxyl groups is 1. The number of hydrogen-bond donors (Lipinski definition) is 1. The highest BCUT2D eigenvalue weighted by atomic mass is 19.1. The number of ether oxygens (including phenoxy) is 4. The molecule has 3 aromatic heterocycles. The summed E-state index contributed by atoms with van der Waals surface area (Å²) in [6.45, 7) is 0.0801. The van der Waals surface area contributed by atoms with Crippen LogP contribution in [0.15, 0.2) is 71.8 Å². The number of carbonyl (C=O) groups is 1. The van der Waals surface area contributed by atoms with Gasteiger partial charge in [0.05, 0.1) is 42.7 Å². The molecule has 2 aromatic carbocycles. The molecule has 0 aliphatic carbocycles. The molecule has 232 valence electrons. The molecule has 0 amide bonds. The van der Waals surface area contributed by atoms with Crippen molar-refractivity contribution in [1.29, 1.82) is 0 Å². The van der Waals surface area contributed by atoms with Crippen molar-refractivity contribution < 1.29 is 37.6 Å². The Labute approximate surface area is 256 Å². The maximum atomic E-state index is 15.3. The lowest BCUT2D eigenvalue weighted by Crippen LogP contribution is -2.23. The molecule has 0 aliphatic rings. The van der Waals surface area contributed by atoms with Gasteiger partial charge in [0.2, 0.25) is 5.43 Å². The van der Waals surface area contributed by atoms with E-state index < -0.39 is 29.5 Å². The molecule has 1 N–H and O–H groups in total. The summed E-state index contributed by atoms with van der Waals surface area (Å²) in [5.74, 6) is -1.17. The van der Waals surface area contributed by atoms with Gasteiger partial charge in [-0.05, 0) is 35.4 Å². The Hall–Kier alpha value is -5.20. The topological polar surface area (TPSA) is 122 Å². The van der Waals surface area contributed by atoms with Gasteiger partial charge in [0, 0.05) is 45.1 Å². The van der Waals surface area contributed by atoms with Gasteiger partial charge in [0.1, 0.15) is 17.9 Å². The predicted octanol–water partition coefficient (Wildman–Crippen LogP) is 5.02. The number of aryl methyl sites for hydroxylation is 1. The standard InChI is InChI=1S/C33H29F2N3O7/c1-38-17-22(32(41)30(25(38)18-39)20-5-7-21(34)8-6-20)26(40)15-19-4-9-27(23(35)14-19)45-28-10-11-36-24-16-29(43-3)33(37-31(24)28)44-13-12-42-2/h4-11,14,16-17,39H,12-13,15,18H2,1-3H3. The number of aliphatic hydroxyl groups excluding tert-OH is 1. The monoisotopic (exact) mass is 617 g/mol. The molecule has 45 heavy (non-hydrogen) atoms. The zero-order valence-electron chi connectivity index (χ0n) is 24.7. The lowest BCUT2D eigenvalue weighted by molar-refractivity contribution is 0.0991. The quantitative estimate of drug-likeness (QED) is 0.152. The molecule has 0 fully saturated rings. The SMILES string of the molecule is COCCOc1nc2c(Oc3ccc(CC(=O)c4cn(C)c(CO)c(-c5ccc(F)cc5)c4=O)cc3F)ccnc2cc1OC. The number of pyridine rings is 3. The summed E-state index contributed by atoms with van der Waals surface area (Å²) < 4.78 is 52.2. The molecule has 5 aromatic rings. The molecule has 0 bridgehead atoms. The van der Waals surface area contributed by atoms with E-state index in [2.05, 4.69) is 9.97 Å². The van der Waals surface area contributed by atoms with Gasteiger partial charge in [-0.15, -0.1) is 0 Å². The highest BCUT2D eigenvalue weighted by Gasteiger charge is 2.21. The molecule has 10 nitrogen and oxygen atoms in total. The van der Waals surface area contributed by atoms with Gasteiger partial charge >= 0.3 is 0 Å². The first-order valence-electron chi connectivity index (χ1n) is 13.8. The number of ketones is 1. The lowest BCUT2D eigenvalue weighted by atomic mass is 9.97. The van der Waals surface area contributed by atoms with Crippen molar-refractivity contribution in [3.63, 3.8) is 0 Å². The third-order valence-electron chi connectivity index (χ3n) is 7.03. The van der Waals surface area contributed by atoms with E-state index >= 15 is 4.39 Å². The summed E-state index contributed by atoms with van der Waals surface area (Å²) in [5.41, 5.74) is 0.982. The third kappa shape index (κ3) is 6.66. The van der Waals surface area contributed by atoms with Crippen molar-refractivity contribution in [2.45, 2.75) is 13.0 Å². The Bertz CT molecular complexity index is 1930. The number of carbonyl (C=O) groups excluding carboxylic acids is 1. The zero-order valence-corrected chi connectivity index (χ0v) is 24.7. The number of benzene rings is 2. The van der Waals surface area contributed by atoms with E-state index in [1.807, 2.05) is 0 Å². The van der Waals surface area contributed by atoms with Crippen LogP contribution >= 0.6 is 0 Å². The first kappa shape index (κ1) is 31.2. The first-order chi connectivity index (χ1) is 21.7. The molecule has 0 saturated carbocycles. The van der Waals surface area contributed by atoms with Crippen molar-refractivity contribution in [2.75, 3.05) is 27.4 Å². The van der Waals surface area contributed by atoms with Crippen LogP contribution in [0.25, 0.3) is 22.2 Å². The minimum absolute atomic E-state index is 0.0869. The number of fused-ring (bicyclic) bond motifs is 1. The molecule has 5 rings (SSSR count). The molecule has 3 heterocycles. The Morgan fingerprint density at radius 2 is 1.76 bits per heavy atom. The van der Waals surface area contributed by atoms with Gasteiger partial charge in [-0.25, -0.2) is 13.8 Å². The van der Waals surface area contributed by atoms with E-state index in [4.69, 9.17) is 18.9 Å². The molecular formula is C33H29F2N3O7. The van der Waals surface area contributed by atoms with Gasteiger partial charge in [0.15, 0.2) is 28.8 Å². The molecule has 0 atom stereocenters. The van der Waals surface area contributed by atoms with E-state index in [-0.39, 0.29) is 47.2 Å². The summed E-state index contributed by atoms with van der Waals surface area (Å²) in [4.78, 5) is 35.5. The number of Topliss-reactive ketones (excluding diaryl/α,β-unsaturated/α-hetero) is 1. The van der Waals surface area contributed by atoms with Crippen LogP contribution in [0, 0.1) is 11.6 Å². The number of nitrogens with zero attached hydrogens (tertiary/aromatic N) is 3. The van der Waals surface area contributed by atoms with Crippen LogP contribution in [0.4, 0.5) is 8.78 Å². The minimum Gasteiger partial charge on any atom is -0.491 e. The van der Waals surface area contributed by atoms with Crippen LogP contribution in [0.5, 0.6) is 23.1 Å². The summed E-state index contributed by atoms with van der Waals surface area (Å²) >= 11 is 0. The van der Waals surface area contributed by atoms with Crippen molar-refractivity contribution in [3.05, 3.63) is 106 Å². The van der Waals surface area contributed by atoms with Gasteiger partial charge in [-0.2, -0.15) is 0 Å². The van der Waals surface area contributed by atoms with Crippen LogP contribution in [-0.4, -0.2) is 52.9 Å². The van der Waals surface area contributed by atoms with E-state index in [0.717, 1.165) is 6.07 Å². The van der Waals surface area contributed by atoms with Crippen molar-refractivity contribution in [3.8, 4) is 34.3 Å². The second-order valence-electron chi connectivity index (χ2n) is 9.95. The second kappa shape index (κ2) is 13.6. The smallest absolute Gasteiger partial charge is 0.257 e. The summed E-state index contributed by atoms with van der Waals surface area (Å²) in [6, 6.07) is 12.4. The Balaban J connectivity index is 1.41. The molecular weight excluding hydrogens is 588 g/mol. The summed E-state index contributed by atoms with van der Waals surface area (Å²) in [6.07, 6.45) is 2.54. The van der Waals surface area contributed by atoms with Crippen molar-refractivity contribution >= 4 is 16.8 Å². The van der Waals surface area contributed by atoms with Gasteiger partial charge in [-0.3, -0.25) is 14.6 Å². The van der Waals surface area contributed by atoms with Crippen LogP contribution < -0.4 is 19.6 Å². The van der Waals surface area contributed by atoms with Gasteiger partial charge < -0.3 is 28.6 Å². The number of hydrogen-bond acceptors (Lipinski definition) is 9. The predicted molar refractivity (Wildman–Crippen MR) is 161 cm³/mol. The molecule has 0 unspecified atom stereocenters. The second-order valence-corrected chi connectivity index (χ2v) is 9.95. The Kier molecular flexibility index (Phi) is 9.45. The maximum absolute atomic E-state index is 15.3. The van der Waals surface area contributed by atoms with Crippen LogP contribution in [-0.2, 0) is 24.8 Å². The Morgan fingerprint density at radius 1 is 0.978 bits per heavy atom. The summed E-state index contributed by atoms with van der Waals surface area (Å²) in [5, 5.41) is 9.91. The molecule has 12 heteroatoms. The van der Waals surface area contributed by atoms with Crippen molar-refractivity contribution in [1.82, 2.24) is 14.5 Å². The number of methoxy groups -OCH3 is 2. The molecule has 0 saturated heterocycles. The normalized spacial score (nSPS) is 11.1. The third-order valence-corrected chi connectivity index (χ3v) is 7.03. The fourth-order valence-electron chi connectivity index (χ4n) is 4.78. The average Bonchev–Trinajstić information content (AvgIpc) is 3.03. The number of rotatable bonds is 12. The zero-order chi connectivity index (χ0) is 32.1. The van der Waals surface area contributed by atoms with Crippen LogP contribution in [0.1, 0.15) is 21.6 Å².